The monoisotopic (exact) mass is 247 g/mol. The molecule has 1 aromatic carbocycles. The number of Topliss-reactive ketones (excluding diaryl/α,β-unsaturated/α-hetero) is 1. The van der Waals surface area contributed by atoms with Crippen molar-refractivity contribution in [3.8, 4) is 0 Å². The number of nitrogens with two attached hydrogens (primary N) is 1. The summed E-state index contributed by atoms with van der Waals surface area (Å²) < 4.78 is 0. The second-order valence-corrected chi connectivity index (χ2v) is 6.38. The van der Waals surface area contributed by atoms with Gasteiger partial charge in [0.25, 0.3) is 0 Å². The number of carbonyl (C=O) groups excluding carboxylic acids is 1. The van der Waals surface area contributed by atoms with Crippen molar-refractivity contribution >= 4 is 5.78 Å². The van der Waals surface area contributed by atoms with Crippen LogP contribution in [0.4, 0.5) is 0 Å². The number of carbonyl (C=O) groups is 1. The van der Waals surface area contributed by atoms with Crippen LogP contribution in [0.15, 0.2) is 24.3 Å². The Labute approximate surface area is 111 Å². The average molecular weight is 247 g/mol. The molecule has 0 saturated heterocycles. The van der Waals surface area contributed by atoms with Crippen LogP contribution >= 0.6 is 0 Å². The van der Waals surface area contributed by atoms with Gasteiger partial charge < -0.3 is 5.73 Å². The Hall–Kier alpha value is -1.15. The third kappa shape index (κ3) is 3.95. The standard InChI is InChI=1S/C16H25NO/c1-11(2)13-8-6-12(7-9-13)10-14(18)15(17)16(3,4)5/h6-9,11,15H,10,17H2,1-5H3. The van der Waals surface area contributed by atoms with Crippen molar-refractivity contribution in [1.29, 1.82) is 0 Å². The molecule has 2 nitrogen and oxygen atoms in total. The highest BCUT2D eigenvalue weighted by Crippen LogP contribution is 2.20. The zero-order valence-electron chi connectivity index (χ0n) is 12.2. The van der Waals surface area contributed by atoms with Crippen molar-refractivity contribution in [2.45, 2.75) is 53.0 Å². The van der Waals surface area contributed by atoms with E-state index in [9.17, 15) is 4.79 Å². The fraction of sp³-hybridized carbons (Fsp3) is 0.562. The quantitative estimate of drug-likeness (QED) is 0.887. The summed E-state index contributed by atoms with van der Waals surface area (Å²) in [4.78, 5) is 12.1. The van der Waals surface area contributed by atoms with E-state index in [1.165, 1.54) is 5.56 Å². The largest absolute Gasteiger partial charge is 0.321 e. The molecule has 1 atom stereocenters. The van der Waals surface area contributed by atoms with Gasteiger partial charge in [-0.2, -0.15) is 0 Å². The van der Waals surface area contributed by atoms with Crippen LogP contribution in [0, 0.1) is 5.41 Å². The Balaban J connectivity index is 2.71. The van der Waals surface area contributed by atoms with Crippen molar-refractivity contribution < 1.29 is 4.79 Å². The molecule has 2 heteroatoms. The van der Waals surface area contributed by atoms with E-state index < -0.39 is 6.04 Å². The molecule has 0 spiro atoms. The zero-order valence-corrected chi connectivity index (χ0v) is 12.2. The van der Waals surface area contributed by atoms with Crippen LogP contribution < -0.4 is 5.73 Å². The van der Waals surface area contributed by atoms with Crippen LogP contribution in [0.5, 0.6) is 0 Å². The lowest BCUT2D eigenvalue weighted by atomic mass is 9.83. The van der Waals surface area contributed by atoms with E-state index in [0.29, 0.717) is 12.3 Å². The summed E-state index contributed by atoms with van der Waals surface area (Å²) in [6.45, 7) is 10.3. The molecule has 0 aliphatic heterocycles. The summed E-state index contributed by atoms with van der Waals surface area (Å²) >= 11 is 0. The van der Waals surface area contributed by atoms with Crippen LogP contribution in [-0.4, -0.2) is 11.8 Å². The molecule has 0 aliphatic carbocycles. The van der Waals surface area contributed by atoms with Crippen LogP contribution in [0.1, 0.15) is 51.7 Å². The summed E-state index contributed by atoms with van der Waals surface area (Å²) in [7, 11) is 0. The highest BCUT2D eigenvalue weighted by molar-refractivity contribution is 5.86. The minimum atomic E-state index is -0.401. The van der Waals surface area contributed by atoms with Gasteiger partial charge in [0.15, 0.2) is 5.78 Å². The van der Waals surface area contributed by atoms with Gasteiger partial charge in [-0.25, -0.2) is 0 Å². The normalized spacial score (nSPS) is 13.7. The lowest BCUT2D eigenvalue weighted by Crippen LogP contribution is -2.43. The molecule has 0 aliphatic rings. The molecule has 2 N–H and O–H groups in total. The number of hydrogen-bond donors (Lipinski definition) is 1. The van der Waals surface area contributed by atoms with Gasteiger partial charge in [-0.1, -0.05) is 58.9 Å². The maximum atomic E-state index is 12.1. The number of rotatable bonds is 4. The third-order valence-electron chi connectivity index (χ3n) is 3.30. The van der Waals surface area contributed by atoms with Crippen molar-refractivity contribution in [1.82, 2.24) is 0 Å². The molecular weight excluding hydrogens is 222 g/mol. The van der Waals surface area contributed by atoms with E-state index in [2.05, 4.69) is 26.0 Å². The molecule has 1 unspecified atom stereocenters. The van der Waals surface area contributed by atoms with Crippen molar-refractivity contribution in [3.63, 3.8) is 0 Å². The molecule has 0 saturated carbocycles. The molecule has 0 fully saturated rings. The smallest absolute Gasteiger partial charge is 0.154 e. The first-order valence-corrected chi connectivity index (χ1v) is 6.59. The lowest BCUT2D eigenvalue weighted by molar-refractivity contribution is -0.121. The molecule has 1 rings (SSSR count). The van der Waals surface area contributed by atoms with E-state index in [-0.39, 0.29) is 11.2 Å². The Bertz CT molecular complexity index is 398. The first-order valence-electron chi connectivity index (χ1n) is 6.59. The fourth-order valence-corrected chi connectivity index (χ4v) is 1.81. The highest BCUT2D eigenvalue weighted by atomic mass is 16.1. The second-order valence-electron chi connectivity index (χ2n) is 6.38. The van der Waals surface area contributed by atoms with Crippen LogP contribution in [0.3, 0.4) is 0 Å². The van der Waals surface area contributed by atoms with Crippen LogP contribution in [0.2, 0.25) is 0 Å². The van der Waals surface area contributed by atoms with E-state index in [0.717, 1.165) is 5.56 Å². The first-order chi connectivity index (χ1) is 8.21. The van der Waals surface area contributed by atoms with Gasteiger partial charge in [0.1, 0.15) is 0 Å². The predicted molar refractivity (Wildman–Crippen MR) is 76.7 cm³/mol. The summed E-state index contributed by atoms with van der Waals surface area (Å²) in [6.07, 6.45) is 0.427. The first kappa shape index (κ1) is 14.9. The average Bonchev–Trinajstić information content (AvgIpc) is 2.27. The van der Waals surface area contributed by atoms with Crippen LogP contribution in [0.25, 0.3) is 0 Å². The van der Waals surface area contributed by atoms with Crippen LogP contribution in [-0.2, 0) is 11.2 Å². The van der Waals surface area contributed by atoms with E-state index in [1.807, 2.05) is 32.9 Å². The minimum Gasteiger partial charge on any atom is -0.321 e. The fourth-order valence-electron chi connectivity index (χ4n) is 1.81. The molecule has 0 heterocycles. The number of ketones is 1. The molecule has 0 amide bonds. The molecule has 0 aromatic heterocycles. The topological polar surface area (TPSA) is 43.1 Å². The van der Waals surface area contributed by atoms with Crippen molar-refractivity contribution in [2.24, 2.45) is 11.1 Å². The van der Waals surface area contributed by atoms with Gasteiger partial charge in [-0.15, -0.1) is 0 Å². The van der Waals surface area contributed by atoms with Gasteiger partial charge in [-0.3, -0.25) is 4.79 Å². The molecule has 0 radical (unpaired) electrons. The van der Waals surface area contributed by atoms with Gasteiger partial charge in [0.2, 0.25) is 0 Å². The molecule has 100 valence electrons. The Morgan fingerprint density at radius 2 is 1.67 bits per heavy atom. The van der Waals surface area contributed by atoms with Crippen molar-refractivity contribution in [3.05, 3.63) is 35.4 Å². The Kier molecular flexibility index (Phi) is 4.69. The zero-order chi connectivity index (χ0) is 13.9. The second kappa shape index (κ2) is 5.66. The van der Waals surface area contributed by atoms with Gasteiger partial charge >= 0.3 is 0 Å². The molecule has 1 aromatic rings. The summed E-state index contributed by atoms with van der Waals surface area (Å²) in [5.74, 6) is 0.631. The Morgan fingerprint density at radius 3 is 2.06 bits per heavy atom. The van der Waals surface area contributed by atoms with E-state index in [4.69, 9.17) is 5.73 Å². The SMILES string of the molecule is CC(C)c1ccc(CC(=O)C(N)C(C)(C)C)cc1. The maximum absolute atomic E-state index is 12.1. The number of benzene rings is 1. The summed E-state index contributed by atoms with van der Waals surface area (Å²) in [6, 6.07) is 7.85. The molecule has 0 bridgehead atoms. The molecule has 18 heavy (non-hydrogen) atoms. The summed E-state index contributed by atoms with van der Waals surface area (Å²) in [5.41, 5.74) is 8.14. The summed E-state index contributed by atoms with van der Waals surface area (Å²) in [5, 5.41) is 0. The van der Waals surface area contributed by atoms with E-state index >= 15 is 0 Å². The maximum Gasteiger partial charge on any atom is 0.154 e. The predicted octanol–water partition coefficient (Wildman–Crippen LogP) is 3.30. The molecular formula is C16H25NO. The van der Waals surface area contributed by atoms with Crippen molar-refractivity contribution in [2.75, 3.05) is 0 Å². The number of hydrogen-bond acceptors (Lipinski definition) is 2. The third-order valence-corrected chi connectivity index (χ3v) is 3.30. The lowest BCUT2D eigenvalue weighted by Gasteiger charge is -2.25. The Morgan fingerprint density at radius 1 is 1.17 bits per heavy atom. The minimum absolute atomic E-state index is 0.111. The van der Waals surface area contributed by atoms with E-state index in [1.54, 1.807) is 0 Å². The van der Waals surface area contributed by atoms with Gasteiger partial charge in [0, 0.05) is 6.42 Å². The highest BCUT2D eigenvalue weighted by Gasteiger charge is 2.26. The van der Waals surface area contributed by atoms with Gasteiger partial charge in [-0.05, 0) is 22.5 Å². The van der Waals surface area contributed by atoms with Gasteiger partial charge in [0.05, 0.1) is 6.04 Å².